The van der Waals surface area contributed by atoms with Gasteiger partial charge in [0.15, 0.2) is 0 Å². The Kier molecular flexibility index (Phi) is 34.9. The molecular weight excluding hydrogens is 781 g/mol. The molecule has 0 aliphatic heterocycles. The second-order valence-electron chi connectivity index (χ2n) is 18.6. The Bertz CT molecular complexity index is 1370. The second kappa shape index (κ2) is 40.3. The first-order valence-corrected chi connectivity index (χ1v) is 27.1. The molecule has 0 bridgehead atoms. The average Bonchev–Trinajstić information content (AvgIpc) is 3.33. The highest BCUT2D eigenvalue weighted by atomic mass is 16.5. The fourth-order valence-electron chi connectivity index (χ4n) is 8.95. The third kappa shape index (κ3) is 26.2. The maximum atomic E-state index is 7.09. The molecule has 3 rings (SSSR count). The van der Waals surface area contributed by atoms with Gasteiger partial charge in [0.2, 0.25) is 0 Å². The fraction of sp³-hybridized carbons (Fsp3) is 0.639. The van der Waals surface area contributed by atoms with Gasteiger partial charge < -0.3 is 14.2 Å². The minimum absolute atomic E-state index is 0.138. The number of benzene rings is 3. The number of allylic oxidation sites excluding steroid dienone is 4. The van der Waals surface area contributed by atoms with E-state index < -0.39 is 5.60 Å². The monoisotopic (exact) mass is 877 g/mol. The molecule has 358 valence electrons. The first kappa shape index (κ1) is 55.3. The molecule has 3 aromatic rings. The molecule has 0 saturated heterocycles. The first-order valence-electron chi connectivity index (χ1n) is 27.1. The molecule has 0 fully saturated rings. The van der Waals surface area contributed by atoms with Crippen molar-refractivity contribution in [3.8, 4) is 0 Å². The van der Waals surface area contributed by atoms with Crippen molar-refractivity contribution in [1.29, 1.82) is 0 Å². The molecule has 3 aromatic carbocycles. The Morgan fingerprint density at radius 3 is 1.12 bits per heavy atom. The number of hydrogen-bond donors (Lipinski definition) is 0. The van der Waals surface area contributed by atoms with E-state index in [2.05, 4.69) is 129 Å². The Morgan fingerprint density at radius 1 is 0.375 bits per heavy atom. The molecule has 1 atom stereocenters. The van der Waals surface area contributed by atoms with Crippen LogP contribution in [0.25, 0.3) is 0 Å². The van der Waals surface area contributed by atoms with Crippen molar-refractivity contribution in [3.63, 3.8) is 0 Å². The third-order valence-corrected chi connectivity index (χ3v) is 12.9. The Morgan fingerprint density at radius 2 is 0.719 bits per heavy atom. The van der Waals surface area contributed by atoms with Gasteiger partial charge in [0.25, 0.3) is 0 Å². The van der Waals surface area contributed by atoms with Crippen LogP contribution in [0.3, 0.4) is 0 Å². The normalized spacial score (nSPS) is 12.5. The van der Waals surface area contributed by atoms with Gasteiger partial charge in [-0.15, -0.1) is 0 Å². The van der Waals surface area contributed by atoms with Gasteiger partial charge in [0.1, 0.15) is 5.60 Å². The molecule has 0 saturated carbocycles. The molecular formula is C61H96O3. The molecule has 0 N–H and O–H groups in total. The highest BCUT2D eigenvalue weighted by molar-refractivity contribution is 5.47. The average molecular weight is 877 g/mol. The van der Waals surface area contributed by atoms with Crippen LogP contribution in [0, 0.1) is 0 Å². The van der Waals surface area contributed by atoms with Gasteiger partial charge in [0, 0.05) is 19.8 Å². The zero-order chi connectivity index (χ0) is 45.1. The van der Waals surface area contributed by atoms with Crippen LogP contribution >= 0.6 is 0 Å². The van der Waals surface area contributed by atoms with Crippen LogP contribution in [-0.2, 0) is 19.8 Å². The fourth-order valence-corrected chi connectivity index (χ4v) is 8.95. The van der Waals surface area contributed by atoms with Gasteiger partial charge in [-0.3, -0.25) is 0 Å². The van der Waals surface area contributed by atoms with Crippen molar-refractivity contribution in [1.82, 2.24) is 0 Å². The standard InChI is InChI=1S/C61H96O3/c1-3-5-7-9-11-13-15-17-19-21-23-25-27-29-31-43-53-62-56-60(63-54-44-32-30-28-26-24-22-20-18-16-14-12-10-8-6-4-2)52-42-45-55-64-61(57-46-36-33-37-47-57,58-48-38-34-39-49-58)59-50-40-35-41-51-59/h17-20,33-41,46-51,60H,3-16,21-32,42-45,52-56H2,1-2H3/b19-17-,20-18-/t60-/m0/s1. The zero-order valence-corrected chi connectivity index (χ0v) is 41.5. The van der Waals surface area contributed by atoms with Crippen molar-refractivity contribution in [2.45, 2.75) is 225 Å². The number of rotatable bonds is 44. The quantitative estimate of drug-likeness (QED) is 0.0322. The summed E-state index contributed by atoms with van der Waals surface area (Å²) in [5.74, 6) is 0. The molecule has 0 heterocycles. The highest BCUT2D eigenvalue weighted by Crippen LogP contribution is 2.40. The van der Waals surface area contributed by atoms with Crippen molar-refractivity contribution in [2.75, 3.05) is 26.4 Å². The number of hydrogen-bond acceptors (Lipinski definition) is 3. The van der Waals surface area contributed by atoms with E-state index in [1.54, 1.807) is 0 Å². The van der Waals surface area contributed by atoms with Crippen LogP contribution in [-0.4, -0.2) is 32.5 Å². The summed E-state index contributed by atoms with van der Waals surface area (Å²) in [6, 6.07) is 32.2. The number of unbranched alkanes of at least 4 members (excludes halogenated alkanes) is 25. The third-order valence-electron chi connectivity index (χ3n) is 12.9. The first-order chi connectivity index (χ1) is 31.8. The van der Waals surface area contributed by atoms with Gasteiger partial charge in [-0.1, -0.05) is 245 Å². The predicted molar refractivity (Wildman–Crippen MR) is 278 cm³/mol. The van der Waals surface area contributed by atoms with Crippen LogP contribution < -0.4 is 0 Å². The lowest BCUT2D eigenvalue weighted by Crippen LogP contribution is -2.33. The molecule has 0 unspecified atom stereocenters. The van der Waals surface area contributed by atoms with E-state index in [0.717, 1.165) is 62.0 Å². The molecule has 0 radical (unpaired) electrons. The minimum Gasteiger partial charge on any atom is -0.379 e. The lowest BCUT2D eigenvalue weighted by Gasteiger charge is -2.36. The van der Waals surface area contributed by atoms with Crippen LogP contribution in [0.15, 0.2) is 115 Å². The Hall–Kier alpha value is -2.98. The zero-order valence-electron chi connectivity index (χ0n) is 41.5. The van der Waals surface area contributed by atoms with E-state index in [-0.39, 0.29) is 6.10 Å². The molecule has 0 aromatic heterocycles. The SMILES string of the molecule is CCCCCCCC/C=C\CCCCCCCCOC[C@H](CCCCOC(c1ccccc1)(c1ccccc1)c1ccccc1)OCCCCCCCC/C=C\CCCCCCCC. The molecule has 0 amide bonds. The minimum atomic E-state index is -0.670. The van der Waals surface area contributed by atoms with Gasteiger partial charge in [-0.2, -0.15) is 0 Å². The summed E-state index contributed by atoms with van der Waals surface area (Å²) < 4.78 is 20.0. The smallest absolute Gasteiger partial charge is 0.143 e. The van der Waals surface area contributed by atoms with Gasteiger partial charge in [-0.25, -0.2) is 0 Å². The van der Waals surface area contributed by atoms with Crippen LogP contribution in [0.4, 0.5) is 0 Å². The summed E-state index contributed by atoms with van der Waals surface area (Å²) in [6.45, 7) is 7.61. The summed E-state index contributed by atoms with van der Waals surface area (Å²) in [7, 11) is 0. The van der Waals surface area contributed by atoms with E-state index >= 15 is 0 Å². The molecule has 64 heavy (non-hydrogen) atoms. The maximum absolute atomic E-state index is 7.09. The van der Waals surface area contributed by atoms with E-state index in [9.17, 15) is 0 Å². The van der Waals surface area contributed by atoms with Gasteiger partial charge in [-0.05, 0) is 100 Å². The molecule has 3 nitrogen and oxygen atoms in total. The second-order valence-corrected chi connectivity index (χ2v) is 18.6. The van der Waals surface area contributed by atoms with E-state index in [1.807, 2.05) is 0 Å². The lowest BCUT2D eigenvalue weighted by molar-refractivity contribution is -0.0267. The summed E-state index contributed by atoms with van der Waals surface area (Å²) in [5, 5.41) is 0. The van der Waals surface area contributed by atoms with Crippen LogP contribution in [0.5, 0.6) is 0 Å². The summed E-state index contributed by atoms with van der Waals surface area (Å²) in [4.78, 5) is 0. The van der Waals surface area contributed by atoms with E-state index in [1.165, 1.54) is 167 Å². The van der Waals surface area contributed by atoms with Crippen molar-refractivity contribution >= 4 is 0 Å². The largest absolute Gasteiger partial charge is 0.379 e. The molecule has 0 aliphatic rings. The van der Waals surface area contributed by atoms with Crippen LogP contribution in [0.2, 0.25) is 0 Å². The lowest BCUT2D eigenvalue weighted by atomic mass is 9.80. The van der Waals surface area contributed by atoms with Crippen molar-refractivity contribution in [2.24, 2.45) is 0 Å². The van der Waals surface area contributed by atoms with Crippen LogP contribution in [0.1, 0.15) is 230 Å². The Balaban J connectivity index is 1.37. The summed E-state index contributed by atoms with van der Waals surface area (Å²) >= 11 is 0. The van der Waals surface area contributed by atoms with E-state index in [0.29, 0.717) is 13.2 Å². The predicted octanol–water partition coefficient (Wildman–Crippen LogP) is 18.6. The molecule has 3 heteroatoms. The highest BCUT2D eigenvalue weighted by Gasteiger charge is 2.37. The number of ether oxygens (including phenoxy) is 3. The summed E-state index contributed by atoms with van der Waals surface area (Å²) in [5.41, 5.74) is 2.80. The molecule has 0 spiro atoms. The van der Waals surface area contributed by atoms with Crippen molar-refractivity contribution < 1.29 is 14.2 Å². The maximum Gasteiger partial charge on any atom is 0.143 e. The van der Waals surface area contributed by atoms with Gasteiger partial charge >= 0.3 is 0 Å². The Labute approximate surface area is 395 Å². The molecule has 0 aliphatic carbocycles. The summed E-state index contributed by atoms with van der Waals surface area (Å²) in [6.07, 6.45) is 50.0. The van der Waals surface area contributed by atoms with E-state index in [4.69, 9.17) is 14.2 Å². The van der Waals surface area contributed by atoms with Crippen molar-refractivity contribution in [3.05, 3.63) is 132 Å². The topological polar surface area (TPSA) is 27.7 Å². The van der Waals surface area contributed by atoms with Gasteiger partial charge in [0.05, 0.1) is 12.7 Å².